The van der Waals surface area contributed by atoms with E-state index in [1.54, 1.807) is 23.2 Å². The van der Waals surface area contributed by atoms with Gasteiger partial charge in [0, 0.05) is 46.7 Å². The molecule has 0 atom stereocenters. The minimum absolute atomic E-state index is 0.0372. The van der Waals surface area contributed by atoms with Gasteiger partial charge < -0.3 is 0 Å². The molecule has 0 aromatic carbocycles. The molecule has 0 spiro atoms. The maximum Gasteiger partial charge on any atom is 0.225 e. The molecule has 2 rings (SSSR count). The van der Waals surface area contributed by atoms with Crippen LogP contribution >= 0.6 is 38.6 Å². The quantitative estimate of drug-likeness (QED) is 0.751. The van der Waals surface area contributed by atoms with Gasteiger partial charge in [0.1, 0.15) is 0 Å². The molecule has 0 bridgehead atoms. The molecule has 0 radical (unpaired) electrons. The van der Waals surface area contributed by atoms with Crippen LogP contribution in [0.2, 0.25) is 0 Å². The Balaban J connectivity index is 1.97. The topological polar surface area (TPSA) is 36.4 Å². The average molecular weight is 388 g/mol. The molecule has 21 heavy (non-hydrogen) atoms. The predicted molar refractivity (Wildman–Crippen MR) is 93.0 cm³/mol. The van der Waals surface area contributed by atoms with Crippen molar-refractivity contribution in [2.45, 2.75) is 26.9 Å². The fraction of sp³-hybridized carbons (Fsp3) is 0.429. The number of aromatic nitrogens is 1. The highest BCUT2D eigenvalue weighted by molar-refractivity contribution is 9.10. The fourth-order valence-corrected chi connectivity index (χ4v) is 4.47. The van der Waals surface area contributed by atoms with Gasteiger partial charge in [-0.1, -0.05) is 0 Å². The molecule has 2 aromatic heterocycles. The summed E-state index contributed by atoms with van der Waals surface area (Å²) in [6.07, 6.45) is 0. The van der Waals surface area contributed by atoms with E-state index >= 15 is 0 Å². The lowest BCUT2D eigenvalue weighted by Crippen LogP contribution is -2.27. The SMILES string of the molecule is CCN(C(C)=O)c1nc(CN(C)Cc2cc(Br)cs2)cs1. The van der Waals surface area contributed by atoms with Gasteiger partial charge in [-0.15, -0.1) is 22.7 Å². The number of rotatable bonds is 6. The lowest BCUT2D eigenvalue weighted by molar-refractivity contribution is -0.116. The number of carbonyl (C=O) groups is 1. The highest BCUT2D eigenvalue weighted by atomic mass is 79.9. The van der Waals surface area contributed by atoms with E-state index in [4.69, 9.17) is 0 Å². The van der Waals surface area contributed by atoms with Crippen molar-refractivity contribution in [2.75, 3.05) is 18.5 Å². The van der Waals surface area contributed by atoms with Crippen LogP contribution in [0, 0.1) is 0 Å². The average Bonchev–Trinajstić information content (AvgIpc) is 3.00. The minimum Gasteiger partial charge on any atom is -0.295 e. The zero-order valence-electron chi connectivity index (χ0n) is 12.3. The zero-order valence-corrected chi connectivity index (χ0v) is 15.5. The van der Waals surface area contributed by atoms with E-state index in [1.165, 1.54) is 16.2 Å². The molecule has 114 valence electrons. The van der Waals surface area contributed by atoms with Crippen molar-refractivity contribution in [3.05, 3.63) is 31.9 Å². The first-order valence-corrected chi connectivity index (χ1v) is 9.18. The Labute approximate surface area is 141 Å². The van der Waals surface area contributed by atoms with Crippen molar-refractivity contribution in [3.8, 4) is 0 Å². The van der Waals surface area contributed by atoms with Crippen LogP contribution in [0.25, 0.3) is 0 Å². The highest BCUT2D eigenvalue weighted by Gasteiger charge is 2.14. The van der Waals surface area contributed by atoms with Crippen LogP contribution in [0.3, 0.4) is 0 Å². The fourth-order valence-electron chi connectivity index (χ4n) is 2.02. The van der Waals surface area contributed by atoms with Gasteiger partial charge in [0.15, 0.2) is 5.13 Å². The van der Waals surface area contributed by atoms with E-state index in [-0.39, 0.29) is 5.91 Å². The third kappa shape index (κ3) is 4.60. The minimum atomic E-state index is 0.0372. The van der Waals surface area contributed by atoms with Gasteiger partial charge in [0.05, 0.1) is 5.69 Å². The summed E-state index contributed by atoms with van der Waals surface area (Å²) in [6, 6.07) is 2.14. The number of nitrogens with zero attached hydrogens (tertiary/aromatic N) is 3. The summed E-state index contributed by atoms with van der Waals surface area (Å²) in [4.78, 5) is 21.3. The number of thiophene rings is 1. The summed E-state index contributed by atoms with van der Waals surface area (Å²) in [7, 11) is 2.08. The number of halogens is 1. The van der Waals surface area contributed by atoms with Gasteiger partial charge in [-0.25, -0.2) is 4.98 Å². The Bertz CT molecular complexity index is 611. The lowest BCUT2D eigenvalue weighted by atomic mass is 10.4. The normalized spacial score (nSPS) is 11.1. The number of hydrogen-bond acceptors (Lipinski definition) is 5. The first-order valence-electron chi connectivity index (χ1n) is 6.63. The molecule has 7 heteroatoms. The van der Waals surface area contributed by atoms with Gasteiger partial charge in [-0.2, -0.15) is 0 Å². The molecule has 2 heterocycles. The first kappa shape index (κ1) is 16.6. The Morgan fingerprint density at radius 3 is 2.67 bits per heavy atom. The molecule has 0 N–H and O–H groups in total. The number of thiazole rings is 1. The van der Waals surface area contributed by atoms with Gasteiger partial charge in [-0.3, -0.25) is 14.6 Å². The van der Waals surface area contributed by atoms with Crippen LogP contribution in [0.5, 0.6) is 0 Å². The standard InChI is InChI=1S/C14H18BrN3OS2/c1-4-18(10(2)19)14-16-12(9-21-14)6-17(3)7-13-5-11(15)8-20-13/h5,8-9H,4,6-7H2,1-3H3. The van der Waals surface area contributed by atoms with Crippen LogP contribution in [-0.4, -0.2) is 29.4 Å². The molecule has 0 saturated heterocycles. The largest absolute Gasteiger partial charge is 0.295 e. The van der Waals surface area contributed by atoms with E-state index in [2.05, 4.69) is 44.3 Å². The second-order valence-electron chi connectivity index (χ2n) is 4.79. The van der Waals surface area contributed by atoms with Crippen LogP contribution < -0.4 is 4.90 Å². The monoisotopic (exact) mass is 387 g/mol. The third-order valence-electron chi connectivity index (χ3n) is 2.95. The molecule has 0 unspecified atom stereocenters. The predicted octanol–water partition coefficient (Wildman–Crippen LogP) is 3.97. The Hall–Kier alpha value is -0.760. The highest BCUT2D eigenvalue weighted by Crippen LogP contribution is 2.23. The second-order valence-corrected chi connectivity index (χ2v) is 7.54. The summed E-state index contributed by atoms with van der Waals surface area (Å²) in [5, 5.41) is 4.91. The first-order chi connectivity index (χ1) is 9.99. The van der Waals surface area contributed by atoms with E-state index < -0.39 is 0 Å². The zero-order chi connectivity index (χ0) is 15.4. The molecular weight excluding hydrogens is 370 g/mol. The third-order valence-corrected chi connectivity index (χ3v) is 5.54. The van der Waals surface area contributed by atoms with Gasteiger partial charge >= 0.3 is 0 Å². The van der Waals surface area contributed by atoms with Crippen molar-refractivity contribution < 1.29 is 4.79 Å². The van der Waals surface area contributed by atoms with Crippen LogP contribution in [0.4, 0.5) is 5.13 Å². The molecule has 0 aliphatic carbocycles. The summed E-state index contributed by atoms with van der Waals surface area (Å²) in [6.45, 7) is 5.87. The van der Waals surface area contributed by atoms with E-state index in [0.29, 0.717) is 6.54 Å². The lowest BCUT2D eigenvalue weighted by Gasteiger charge is -2.15. The van der Waals surface area contributed by atoms with Crippen molar-refractivity contribution in [1.29, 1.82) is 0 Å². The molecule has 0 aliphatic heterocycles. The van der Waals surface area contributed by atoms with E-state index in [0.717, 1.165) is 28.4 Å². The van der Waals surface area contributed by atoms with E-state index in [9.17, 15) is 4.79 Å². The van der Waals surface area contributed by atoms with Crippen molar-refractivity contribution in [1.82, 2.24) is 9.88 Å². The summed E-state index contributed by atoms with van der Waals surface area (Å²) < 4.78 is 1.13. The number of carbonyl (C=O) groups excluding carboxylic acids is 1. The Morgan fingerprint density at radius 1 is 1.33 bits per heavy atom. The maximum absolute atomic E-state index is 11.5. The van der Waals surface area contributed by atoms with Gasteiger partial charge in [-0.05, 0) is 36.0 Å². The molecule has 1 amide bonds. The number of amides is 1. The second kappa shape index (κ2) is 7.49. The molecule has 0 fully saturated rings. The summed E-state index contributed by atoms with van der Waals surface area (Å²) in [5.41, 5.74) is 1.01. The van der Waals surface area contributed by atoms with Crippen LogP contribution in [0.1, 0.15) is 24.4 Å². The number of anilines is 1. The summed E-state index contributed by atoms with van der Waals surface area (Å²) in [5.74, 6) is 0.0372. The van der Waals surface area contributed by atoms with Crippen molar-refractivity contribution in [3.63, 3.8) is 0 Å². The molecule has 0 aliphatic rings. The van der Waals surface area contributed by atoms with Gasteiger partial charge in [0.2, 0.25) is 5.91 Å². The van der Waals surface area contributed by atoms with E-state index in [1.807, 2.05) is 12.3 Å². The summed E-state index contributed by atoms with van der Waals surface area (Å²) >= 11 is 6.75. The van der Waals surface area contributed by atoms with Crippen molar-refractivity contribution in [2.24, 2.45) is 0 Å². The van der Waals surface area contributed by atoms with Crippen molar-refractivity contribution >= 4 is 49.6 Å². The van der Waals surface area contributed by atoms with Crippen LogP contribution in [-0.2, 0) is 17.9 Å². The number of hydrogen-bond donors (Lipinski definition) is 0. The Morgan fingerprint density at radius 2 is 2.10 bits per heavy atom. The molecular formula is C14H18BrN3OS2. The maximum atomic E-state index is 11.5. The molecule has 0 saturated carbocycles. The Kier molecular flexibility index (Phi) is 5.92. The molecule has 2 aromatic rings. The molecule has 4 nitrogen and oxygen atoms in total. The smallest absolute Gasteiger partial charge is 0.225 e. The van der Waals surface area contributed by atoms with Gasteiger partial charge in [0.25, 0.3) is 0 Å². The van der Waals surface area contributed by atoms with Crippen LogP contribution in [0.15, 0.2) is 21.3 Å².